The molecule has 3 aromatic carbocycles. The van der Waals surface area contributed by atoms with E-state index in [1.54, 1.807) is 0 Å². The van der Waals surface area contributed by atoms with Crippen LogP contribution in [0.4, 0.5) is 4.79 Å². The second kappa shape index (κ2) is 14.1. The van der Waals surface area contributed by atoms with E-state index in [0.717, 1.165) is 43.6 Å². The van der Waals surface area contributed by atoms with E-state index in [1.807, 2.05) is 79.0 Å². The Labute approximate surface area is 275 Å². The number of amides is 3. The Morgan fingerprint density at radius 2 is 1.62 bits per heavy atom. The predicted octanol–water partition coefficient (Wildman–Crippen LogP) is 3.40. The average molecular weight is 675 g/mol. The number of fused-ring (bicyclic) bond motifs is 4. The Morgan fingerprint density at radius 1 is 0.958 bits per heavy atom. The summed E-state index contributed by atoms with van der Waals surface area (Å²) in [7, 11) is -5.08. The first kappa shape index (κ1) is 33.1. The summed E-state index contributed by atoms with van der Waals surface area (Å²) in [6, 6.07) is 20.5. The third-order valence-corrected chi connectivity index (χ3v) is 9.24. The van der Waals surface area contributed by atoms with Gasteiger partial charge in [-0.1, -0.05) is 66.7 Å². The van der Waals surface area contributed by atoms with E-state index in [-0.39, 0.29) is 19.1 Å². The fourth-order valence-corrected chi connectivity index (χ4v) is 6.83. The lowest BCUT2D eigenvalue weighted by Gasteiger charge is -2.25. The number of carbonyl (C=O) groups is 4. The highest BCUT2D eigenvalue weighted by atomic mass is 31.2. The number of para-hydroxylation sites is 1. The second-order valence-electron chi connectivity index (χ2n) is 11.7. The number of aromatic amines is 1. The topological polar surface area (TPSA) is 187 Å². The molecule has 1 fully saturated rings. The highest BCUT2D eigenvalue weighted by molar-refractivity contribution is 7.46. The minimum atomic E-state index is -5.08. The van der Waals surface area contributed by atoms with E-state index in [2.05, 4.69) is 20.1 Å². The number of carbonyl (C=O) groups excluding carboxylic acids is 4. The van der Waals surface area contributed by atoms with Crippen LogP contribution in [0, 0.1) is 0 Å². The smallest absolute Gasteiger partial charge is 0.449 e. The summed E-state index contributed by atoms with van der Waals surface area (Å²) in [5, 5.41) is 6.13. The highest BCUT2D eigenvalue weighted by Crippen LogP contribution is 2.44. The number of phosphoric acid groups is 1. The predicted molar refractivity (Wildman–Crippen MR) is 175 cm³/mol. The monoisotopic (exact) mass is 674 g/mol. The number of nitrogens with one attached hydrogen (secondary N) is 3. The largest absolute Gasteiger partial charge is 0.469 e. The van der Waals surface area contributed by atoms with Gasteiger partial charge in [0.05, 0.1) is 6.61 Å². The van der Waals surface area contributed by atoms with E-state index < -0.39 is 50.2 Å². The third kappa shape index (κ3) is 7.19. The Kier molecular flexibility index (Phi) is 9.74. The fraction of sp³-hybridized carbons (Fsp3) is 0.294. The van der Waals surface area contributed by atoms with Crippen LogP contribution >= 0.6 is 7.82 Å². The molecule has 1 aliphatic heterocycles. The van der Waals surface area contributed by atoms with Crippen molar-refractivity contribution in [1.29, 1.82) is 0 Å². The van der Waals surface area contributed by atoms with Crippen molar-refractivity contribution in [2.45, 2.75) is 37.3 Å². The molecule has 4 aromatic rings. The molecule has 3 amide bonds. The van der Waals surface area contributed by atoms with Crippen LogP contribution in [0.2, 0.25) is 0 Å². The molecule has 2 aliphatic rings. The molecule has 6 rings (SSSR count). The molecule has 2 atom stereocenters. The maximum absolute atomic E-state index is 13.4. The molecule has 2 heterocycles. The number of aromatic nitrogens is 1. The fourth-order valence-electron chi connectivity index (χ4n) is 6.49. The Bertz CT molecular complexity index is 1860. The first-order valence-corrected chi connectivity index (χ1v) is 17.1. The van der Waals surface area contributed by atoms with E-state index in [1.165, 1.54) is 0 Å². The van der Waals surface area contributed by atoms with Crippen LogP contribution in [-0.4, -0.2) is 81.7 Å². The van der Waals surface area contributed by atoms with Gasteiger partial charge in [0, 0.05) is 36.1 Å². The summed E-state index contributed by atoms with van der Waals surface area (Å²) < 4.78 is 21.5. The first-order chi connectivity index (χ1) is 23.1. The van der Waals surface area contributed by atoms with Gasteiger partial charge < -0.3 is 35.0 Å². The molecular weight excluding hydrogens is 639 g/mol. The van der Waals surface area contributed by atoms with Crippen molar-refractivity contribution in [3.05, 3.63) is 95.7 Å². The van der Waals surface area contributed by atoms with Gasteiger partial charge in [-0.05, 0) is 53.1 Å². The van der Waals surface area contributed by atoms with E-state index in [4.69, 9.17) is 4.74 Å². The van der Waals surface area contributed by atoms with Gasteiger partial charge >= 0.3 is 13.9 Å². The maximum Gasteiger partial charge on any atom is 0.469 e. The lowest BCUT2D eigenvalue weighted by molar-refractivity contribution is -0.148. The van der Waals surface area contributed by atoms with Gasteiger partial charge in [0.25, 0.3) is 5.91 Å². The molecular formula is C34H35N4O9P. The van der Waals surface area contributed by atoms with Crippen molar-refractivity contribution in [3.8, 4) is 11.1 Å². The number of alkyl carbamates (subject to hydrolysis) is 1. The number of Topliss-reactive ketones (excluding diaryl/α,β-unsaturated/α-hetero) is 1. The number of phosphoric ester groups is 1. The molecule has 1 aromatic heterocycles. The molecule has 14 heteroatoms. The molecule has 0 saturated carbocycles. The molecule has 0 bridgehead atoms. The molecule has 0 unspecified atom stereocenters. The minimum absolute atomic E-state index is 0.0962. The summed E-state index contributed by atoms with van der Waals surface area (Å²) in [5.74, 6) is -3.00. The maximum atomic E-state index is 13.4. The first-order valence-electron chi connectivity index (χ1n) is 15.6. The third-order valence-electron chi connectivity index (χ3n) is 8.76. The van der Waals surface area contributed by atoms with Gasteiger partial charge in [-0.3, -0.25) is 18.9 Å². The summed E-state index contributed by atoms with van der Waals surface area (Å²) in [5.41, 5.74) is 5.94. The number of rotatable bonds is 12. The number of benzene rings is 3. The number of ketones is 1. The lowest BCUT2D eigenvalue weighted by Crippen LogP contribution is -2.54. The van der Waals surface area contributed by atoms with Gasteiger partial charge in [-0.25, -0.2) is 9.36 Å². The van der Waals surface area contributed by atoms with Crippen molar-refractivity contribution in [2.75, 3.05) is 26.3 Å². The quantitative estimate of drug-likeness (QED) is 0.111. The van der Waals surface area contributed by atoms with Crippen LogP contribution < -0.4 is 10.6 Å². The molecule has 5 N–H and O–H groups in total. The molecule has 1 aliphatic carbocycles. The number of hydrogen-bond donors (Lipinski definition) is 5. The summed E-state index contributed by atoms with van der Waals surface area (Å²) in [6.07, 6.45) is 2.13. The number of H-pyrrole nitrogens is 1. The SMILES string of the molecule is O=C(N[C@@H](COP(=O)(O)O)C(=O)C(=O)N1CCC[C@H]1C(=O)NCCc1c[nH]c2ccccc12)OCC1c2ccccc2-c2ccccc21. The highest BCUT2D eigenvalue weighted by Gasteiger charge is 2.40. The number of hydrogen-bond acceptors (Lipinski definition) is 7. The van der Waals surface area contributed by atoms with E-state index in [9.17, 15) is 33.5 Å². The molecule has 250 valence electrons. The van der Waals surface area contributed by atoms with Crippen LogP contribution in [0.5, 0.6) is 0 Å². The van der Waals surface area contributed by atoms with Gasteiger partial charge in [-0.15, -0.1) is 0 Å². The van der Waals surface area contributed by atoms with Crippen molar-refractivity contribution in [1.82, 2.24) is 20.5 Å². The Balaban J connectivity index is 1.08. The Morgan fingerprint density at radius 3 is 2.33 bits per heavy atom. The summed E-state index contributed by atoms with van der Waals surface area (Å²) in [6.45, 7) is -0.674. The van der Waals surface area contributed by atoms with Crippen LogP contribution in [-0.2, 0) is 34.6 Å². The average Bonchev–Trinajstić information content (AvgIpc) is 3.81. The number of ether oxygens (including phenoxy) is 1. The molecule has 13 nitrogen and oxygen atoms in total. The van der Waals surface area contributed by atoms with Gasteiger partial charge in [0.2, 0.25) is 11.7 Å². The van der Waals surface area contributed by atoms with E-state index in [0.29, 0.717) is 25.8 Å². The summed E-state index contributed by atoms with van der Waals surface area (Å²) in [4.78, 5) is 75.7. The molecule has 1 saturated heterocycles. The van der Waals surface area contributed by atoms with E-state index >= 15 is 0 Å². The van der Waals surface area contributed by atoms with Gasteiger partial charge in [-0.2, -0.15) is 0 Å². The van der Waals surface area contributed by atoms with Crippen molar-refractivity contribution >= 4 is 42.4 Å². The molecule has 0 radical (unpaired) electrons. The zero-order valence-electron chi connectivity index (χ0n) is 25.8. The molecule has 48 heavy (non-hydrogen) atoms. The number of likely N-dealkylation sites (tertiary alicyclic amines) is 1. The lowest BCUT2D eigenvalue weighted by atomic mass is 9.98. The second-order valence-corrected chi connectivity index (χ2v) is 13.0. The zero-order valence-corrected chi connectivity index (χ0v) is 26.7. The van der Waals surface area contributed by atoms with Crippen molar-refractivity contribution in [2.24, 2.45) is 0 Å². The van der Waals surface area contributed by atoms with Crippen LogP contribution in [0.25, 0.3) is 22.0 Å². The minimum Gasteiger partial charge on any atom is -0.449 e. The van der Waals surface area contributed by atoms with Gasteiger partial charge in [0.15, 0.2) is 0 Å². The summed E-state index contributed by atoms with van der Waals surface area (Å²) >= 11 is 0. The van der Waals surface area contributed by atoms with Crippen LogP contribution in [0.3, 0.4) is 0 Å². The van der Waals surface area contributed by atoms with Gasteiger partial charge in [0.1, 0.15) is 18.7 Å². The molecule has 0 spiro atoms. The van der Waals surface area contributed by atoms with Crippen LogP contribution in [0.1, 0.15) is 35.4 Å². The number of nitrogens with zero attached hydrogens (tertiary/aromatic N) is 1. The zero-order chi connectivity index (χ0) is 33.8. The van der Waals surface area contributed by atoms with Crippen molar-refractivity contribution in [3.63, 3.8) is 0 Å². The standard InChI is InChI=1S/C34H35N4O9P/c39-31(33(41)38-17-7-14-30(38)32(40)35-16-15-21-18-36-28-13-6-5-8-22(21)28)29(20-47-48(43,44)45)37-34(42)46-19-27-25-11-3-1-9-23(25)24-10-2-4-12-26(24)27/h1-6,8-13,18,27,29-30,36H,7,14-17,19-20H2,(H,35,40)(H,37,42)(H2,43,44,45)/t29-,30-/m0/s1. The normalized spacial score (nSPS) is 16.3. The van der Waals surface area contributed by atoms with Crippen molar-refractivity contribution < 1.29 is 42.8 Å². The Hall–Kier alpha value is -4.81. The van der Waals surface area contributed by atoms with Crippen LogP contribution in [0.15, 0.2) is 79.0 Å².